The lowest BCUT2D eigenvalue weighted by Crippen LogP contribution is -2.27. The summed E-state index contributed by atoms with van der Waals surface area (Å²) in [6.45, 7) is 4.15. The van der Waals surface area contributed by atoms with Crippen molar-refractivity contribution in [3.8, 4) is 0 Å². The van der Waals surface area contributed by atoms with Gasteiger partial charge >= 0.3 is 0 Å². The first kappa shape index (κ1) is 12.9. The van der Waals surface area contributed by atoms with Gasteiger partial charge in [-0.1, -0.05) is 30.3 Å². The van der Waals surface area contributed by atoms with Gasteiger partial charge in [0.15, 0.2) is 5.78 Å². The first-order valence-corrected chi connectivity index (χ1v) is 5.38. The third-order valence-electron chi connectivity index (χ3n) is 2.27. The Kier molecular flexibility index (Phi) is 5.15. The summed E-state index contributed by atoms with van der Waals surface area (Å²) in [5.41, 5.74) is 0.680. The minimum atomic E-state index is -0.437. The molecule has 0 radical (unpaired) electrons. The Bertz CT molecular complexity index is 321. The summed E-state index contributed by atoms with van der Waals surface area (Å²) in [6.07, 6.45) is -0.514. The van der Waals surface area contributed by atoms with E-state index in [1.54, 1.807) is 26.2 Å². The van der Waals surface area contributed by atoms with E-state index in [0.29, 0.717) is 12.2 Å². The fraction of sp³-hybridized carbons (Fsp3) is 0.462. The number of hydrogen-bond acceptors (Lipinski definition) is 3. The van der Waals surface area contributed by atoms with Crippen molar-refractivity contribution in [3.05, 3.63) is 35.9 Å². The van der Waals surface area contributed by atoms with Gasteiger partial charge in [0.1, 0.15) is 6.10 Å². The van der Waals surface area contributed by atoms with Crippen LogP contribution in [0.5, 0.6) is 0 Å². The van der Waals surface area contributed by atoms with Crippen LogP contribution in [0.4, 0.5) is 0 Å². The standard InChI is InChI=1S/C13H18O3/c1-10(9-15-3)16-11(2)13(14)12-7-5-4-6-8-12/h4-8,10-11H,9H2,1-3H3. The Labute approximate surface area is 96.4 Å². The molecule has 2 atom stereocenters. The van der Waals surface area contributed by atoms with Crippen molar-refractivity contribution in [2.75, 3.05) is 13.7 Å². The Morgan fingerprint density at radius 2 is 1.88 bits per heavy atom. The van der Waals surface area contributed by atoms with Crippen molar-refractivity contribution < 1.29 is 14.3 Å². The van der Waals surface area contributed by atoms with Crippen LogP contribution in [0.1, 0.15) is 24.2 Å². The van der Waals surface area contributed by atoms with E-state index in [0.717, 1.165) is 0 Å². The molecule has 1 rings (SSSR count). The predicted molar refractivity (Wildman–Crippen MR) is 62.7 cm³/mol. The third kappa shape index (κ3) is 3.76. The lowest BCUT2D eigenvalue weighted by atomic mass is 10.1. The molecular formula is C13H18O3. The molecule has 3 heteroatoms. The molecule has 0 saturated heterocycles. The molecule has 0 saturated carbocycles. The zero-order valence-electron chi connectivity index (χ0n) is 9.97. The van der Waals surface area contributed by atoms with Gasteiger partial charge < -0.3 is 9.47 Å². The topological polar surface area (TPSA) is 35.5 Å². The Hall–Kier alpha value is -1.19. The van der Waals surface area contributed by atoms with Crippen molar-refractivity contribution >= 4 is 5.78 Å². The maximum atomic E-state index is 11.9. The summed E-state index contributed by atoms with van der Waals surface area (Å²) in [6, 6.07) is 9.17. The molecule has 1 aromatic carbocycles. The van der Waals surface area contributed by atoms with Crippen LogP contribution in [0, 0.1) is 0 Å². The highest BCUT2D eigenvalue weighted by molar-refractivity contribution is 5.99. The van der Waals surface area contributed by atoms with Gasteiger partial charge in [-0.05, 0) is 13.8 Å². The van der Waals surface area contributed by atoms with E-state index in [9.17, 15) is 4.79 Å². The van der Waals surface area contributed by atoms with Gasteiger partial charge in [0.2, 0.25) is 0 Å². The number of carbonyl (C=O) groups is 1. The van der Waals surface area contributed by atoms with Crippen LogP contribution in [0.3, 0.4) is 0 Å². The van der Waals surface area contributed by atoms with E-state index < -0.39 is 6.10 Å². The number of Topliss-reactive ketones (excluding diaryl/α,β-unsaturated/α-hetero) is 1. The molecule has 0 amide bonds. The molecule has 3 nitrogen and oxygen atoms in total. The van der Waals surface area contributed by atoms with Gasteiger partial charge in [0.25, 0.3) is 0 Å². The lowest BCUT2D eigenvalue weighted by Gasteiger charge is -2.17. The molecule has 0 N–H and O–H groups in total. The van der Waals surface area contributed by atoms with E-state index in [-0.39, 0.29) is 11.9 Å². The van der Waals surface area contributed by atoms with Crippen LogP contribution in [-0.4, -0.2) is 31.7 Å². The largest absolute Gasteiger partial charge is 0.382 e. The zero-order valence-corrected chi connectivity index (χ0v) is 9.97. The number of ketones is 1. The number of benzene rings is 1. The lowest BCUT2D eigenvalue weighted by molar-refractivity contribution is -0.0214. The average molecular weight is 222 g/mol. The molecular weight excluding hydrogens is 204 g/mol. The minimum Gasteiger partial charge on any atom is -0.382 e. The zero-order chi connectivity index (χ0) is 12.0. The van der Waals surface area contributed by atoms with Crippen molar-refractivity contribution in [2.45, 2.75) is 26.1 Å². The molecule has 88 valence electrons. The maximum Gasteiger partial charge on any atom is 0.191 e. The monoisotopic (exact) mass is 222 g/mol. The van der Waals surface area contributed by atoms with Crippen molar-refractivity contribution in [2.24, 2.45) is 0 Å². The number of carbonyl (C=O) groups excluding carboxylic acids is 1. The molecule has 2 unspecified atom stereocenters. The van der Waals surface area contributed by atoms with Crippen LogP contribution in [0.25, 0.3) is 0 Å². The molecule has 0 aliphatic carbocycles. The molecule has 16 heavy (non-hydrogen) atoms. The second-order valence-electron chi connectivity index (χ2n) is 3.77. The number of ether oxygens (including phenoxy) is 2. The van der Waals surface area contributed by atoms with Gasteiger partial charge in [-0.2, -0.15) is 0 Å². The number of hydrogen-bond donors (Lipinski definition) is 0. The highest BCUT2D eigenvalue weighted by atomic mass is 16.5. The Morgan fingerprint density at radius 1 is 1.25 bits per heavy atom. The van der Waals surface area contributed by atoms with Gasteiger partial charge in [-0.3, -0.25) is 4.79 Å². The molecule has 0 bridgehead atoms. The summed E-state index contributed by atoms with van der Waals surface area (Å²) in [5.74, 6) is 0.00329. The fourth-order valence-electron chi connectivity index (χ4n) is 1.52. The van der Waals surface area contributed by atoms with Gasteiger partial charge in [-0.25, -0.2) is 0 Å². The molecule has 0 spiro atoms. The Morgan fingerprint density at radius 3 is 2.44 bits per heavy atom. The van der Waals surface area contributed by atoms with Crippen LogP contribution >= 0.6 is 0 Å². The SMILES string of the molecule is COCC(C)OC(C)C(=O)c1ccccc1. The second-order valence-corrected chi connectivity index (χ2v) is 3.77. The number of rotatable bonds is 6. The first-order chi connectivity index (χ1) is 7.65. The molecule has 0 aliphatic rings. The summed E-state index contributed by atoms with van der Waals surface area (Å²) in [7, 11) is 1.61. The maximum absolute atomic E-state index is 11.9. The van der Waals surface area contributed by atoms with Crippen molar-refractivity contribution in [1.82, 2.24) is 0 Å². The van der Waals surface area contributed by atoms with Crippen LogP contribution in [0.2, 0.25) is 0 Å². The number of methoxy groups -OCH3 is 1. The molecule has 0 aromatic heterocycles. The first-order valence-electron chi connectivity index (χ1n) is 5.38. The highest BCUT2D eigenvalue weighted by Crippen LogP contribution is 2.08. The van der Waals surface area contributed by atoms with Crippen molar-refractivity contribution in [1.29, 1.82) is 0 Å². The van der Waals surface area contributed by atoms with E-state index in [2.05, 4.69) is 0 Å². The molecule has 0 heterocycles. The van der Waals surface area contributed by atoms with Crippen molar-refractivity contribution in [3.63, 3.8) is 0 Å². The normalized spacial score (nSPS) is 14.4. The Balaban J connectivity index is 2.55. The van der Waals surface area contributed by atoms with E-state index in [4.69, 9.17) is 9.47 Å². The minimum absolute atomic E-state index is 0.00329. The average Bonchev–Trinajstić information content (AvgIpc) is 2.29. The second kappa shape index (κ2) is 6.40. The summed E-state index contributed by atoms with van der Waals surface area (Å²) >= 11 is 0. The van der Waals surface area contributed by atoms with E-state index >= 15 is 0 Å². The predicted octanol–water partition coefficient (Wildman–Crippen LogP) is 2.31. The van der Waals surface area contributed by atoms with Gasteiger partial charge in [0, 0.05) is 12.7 Å². The fourth-order valence-corrected chi connectivity index (χ4v) is 1.52. The third-order valence-corrected chi connectivity index (χ3v) is 2.27. The smallest absolute Gasteiger partial charge is 0.191 e. The molecule has 1 aromatic rings. The molecule has 0 fully saturated rings. The van der Waals surface area contributed by atoms with Crippen LogP contribution in [-0.2, 0) is 9.47 Å². The summed E-state index contributed by atoms with van der Waals surface area (Å²) in [5, 5.41) is 0. The van der Waals surface area contributed by atoms with E-state index in [1.165, 1.54) is 0 Å². The summed E-state index contributed by atoms with van der Waals surface area (Å²) in [4.78, 5) is 11.9. The molecule has 0 aliphatic heterocycles. The van der Waals surface area contributed by atoms with Gasteiger partial charge in [0.05, 0.1) is 12.7 Å². The summed E-state index contributed by atoms with van der Waals surface area (Å²) < 4.78 is 10.5. The van der Waals surface area contributed by atoms with Crippen LogP contribution in [0.15, 0.2) is 30.3 Å². The quantitative estimate of drug-likeness (QED) is 0.693. The van der Waals surface area contributed by atoms with Gasteiger partial charge in [-0.15, -0.1) is 0 Å². The highest BCUT2D eigenvalue weighted by Gasteiger charge is 2.17. The van der Waals surface area contributed by atoms with E-state index in [1.807, 2.05) is 25.1 Å². The van der Waals surface area contributed by atoms with Crippen LogP contribution < -0.4 is 0 Å².